The smallest absolute Gasteiger partial charge is 0.147 e. The molecule has 70 valence electrons. The highest BCUT2D eigenvalue weighted by atomic mass is 32.2. The van der Waals surface area contributed by atoms with Crippen LogP contribution in [-0.2, 0) is 9.84 Å². The molecule has 0 heterocycles. The van der Waals surface area contributed by atoms with Gasteiger partial charge < -0.3 is 5.32 Å². The summed E-state index contributed by atoms with van der Waals surface area (Å²) in [5, 5.41) is 3.02. The third kappa shape index (κ3) is 9.47. The average molecular weight is 189 g/mol. The van der Waals surface area contributed by atoms with Gasteiger partial charge in [0.15, 0.2) is 0 Å². The zero-order chi connectivity index (χ0) is 9.45. The van der Waals surface area contributed by atoms with Crippen molar-refractivity contribution < 1.29 is 8.42 Å². The van der Waals surface area contributed by atoms with E-state index in [1.165, 1.54) is 6.26 Å². The third-order valence-corrected chi connectivity index (χ3v) is 2.29. The third-order valence-electron chi connectivity index (χ3n) is 1.26. The van der Waals surface area contributed by atoms with Crippen LogP contribution >= 0.6 is 0 Å². The lowest BCUT2D eigenvalue weighted by atomic mass is 10.4. The molecule has 4 heteroatoms. The van der Waals surface area contributed by atoms with Crippen molar-refractivity contribution in [3.8, 4) is 11.8 Å². The number of sulfone groups is 1. The van der Waals surface area contributed by atoms with E-state index in [-0.39, 0.29) is 5.75 Å². The quantitative estimate of drug-likeness (QED) is 0.490. The molecule has 0 amide bonds. The summed E-state index contributed by atoms with van der Waals surface area (Å²) >= 11 is 0. The van der Waals surface area contributed by atoms with Crippen LogP contribution in [0.2, 0.25) is 0 Å². The normalized spacial score (nSPS) is 10.5. The first-order valence-corrected chi connectivity index (χ1v) is 5.90. The van der Waals surface area contributed by atoms with Crippen molar-refractivity contribution in [3.63, 3.8) is 0 Å². The predicted octanol–water partition coefficient (Wildman–Crippen LogP) is 0.0340. The Labute approximate surface area is 74.5 Å². The van der Waals surface area contributed by atoms with Crippen LogP contribution in [0.25, 0.3) is 0 Å². The van der Waals surface area contributed by atoms with E-state index in [0.29, 0.717) is 19.5 Å². The Kier molecular flexibility index (Phi) is 5.77. The summed E-state index contributed by atoms with van der Waals surface area (Å²) in [4.78, 5) is 0. The first-order chi connectivity index (χ1) is 5.56. The van der Waals surface area contributed by atoms with E-state index in [1.54, 1.807) is 6.92 Å². The molecule has 3 nitrogen and oxygen atoms in total. The van der Waals surface area contributed by atoms with Gasteiger partial charge in [-0.05, 0) is 19.9 Å². The van der Waals surface area contributed by atoms with Crippen molar-refractivity contribution in [2.45, 2.75) is 13.3 Å². The first-order valence-electron chi connectivity index (χ1n) is 3.84. The van der Waals surface area contributed by atoms with Crippen molar-refractivity contribution in [2.75, 3.05) is 25.1 Å². The fourth-order valence-electron chi connectivity index (χ4n) is 0.699. The molecule has 0 aliphatic rings. The summed E-state index contributed by atoms with van der Waals surface area (Å²) in [6.07, 6.45) is 1.91. The van der Waals surface area contributed by atoms with Crippen molar-refractivity contribution in [1.82, 2.24) is 5.32 Å². The van der Waals surface area contributed by atoms with E-state index >= 15 is 0 Å². The van der Waals surface area contributed by atoms with Gasteiger partial charge in [-0.1, -0.05) is 5.92 Å². The van der Waals surface area contributed by atoms with E-state index in [4.69, 9.17) is 0 Å². The van der Waals surface area contributed by atoms with Crippen LogP contribution in [0, 0.1) is 11.8 Å². The highest BCUT2D eigenvalue weighted by Crippen LogP contribution is 1.86. The molecule has 0 saturated heterocycles. The van der Waals surface area contributed by atoms with Gasteiger partial charge in [0.05, 0.1) is 12.3 Å². The molecule has 0 rings (SSSR count). The van der Waals surface area contributed by atoms with Crippen LogP contribution < -0.4 is 5.32 Å². The second-order valence-corrected chi connectivity index (χ2v) is 4.85. The largest absolute Gasteiger partial charge is 0.306 e. The Morgan fingerprint density at radius 2 is 2.08 bits per heavy atom. The Morgan fingerprint density at radius 3 is 2.58 bits per heavy atom. The van der Waals surface area contributed by atoms with Crippen molar-refractivity contribution in [1.29, 1.82) is 0 Å². The molecule has 12 heavy (non-hydrogen) atoms. The first kappa shape index (κ1) is 11.5. The zero-order valence-corrected chi connectivity index (χ0v) is 8.37. The molecule has 0 atom stereocenters. The molecule has 0 aliphatic carbocycles. The lowest BCUT2D eigenvalue weighted by molar-refractivity contribution is 0.597. The summed E-state index contributed by atoms with van der Waals surface area (Å²) in [6, 6.07) is 0. The standard InChI is InChI=1S/C8H15NO2S/c1-3-4-6-9-7-5-8-12(2,10)11/h9H,5-8H2,1-2H3. The van der Waals surface area contributed by atoms with Crippen LogP contribution in [-0.4, -0.2) is 33.5 Å². The minimum absolute atomic E-state index is 0.250. The summed E-state index contributed by atoms with van der Waals surface area (Å²) in [7, 11) is -2.79. The number of rotatable bonds is 5. The molecule has 0 aliphatic heterocycles. The van der Waals surface area contributed by atoms with E-state index < -0.39 is 9.84 Å². The summed E-state index contributed by atoms with van der Waals surface area (Å²) < 4.78 is 21.3. The summed E-state index contributed by atoms with van der Waals surface area (Å²) in [5.41, 5.74) is 0. The number of hydrogen-bond donors (Lipinski definition) is 1. The maximum Gasteiger partial charge on any atom is 0.147 e. The monoisotopic (exact) mass is 189 g/mol. The molecule has 0 aromatic rings. The molecule has 0 spiro atoms. The number of hydrogen-bond acceptors (Lipinski definition) is 3. The van der Waals surface area contributed by atoms with Gasteiger partial charge in [-0.25, -0.2) is 8.42 Å². The van der Waals surface area contributed by atoms with Crippen LogP contribution in [0.4, 0.5) is 0 Å². The summed E-state index contributed by atoms with van der Waals surface area (Å²) in [6.45, 7) is 3.13. The van der Waals surface area contributed by atoms with E-state index in [0.717, 1.165) is 0 Å². The van der Waals surface area contributed by atoms with Crippen molar-refractivity contribution in [2.24, 2.45) is 0 Å². The predicted molar refractivity (Wildman–Crippen MR) is 50.6 cm³/mol. The topological polar surface area (TPSA) is 46.2 Å². The van der Waals surface area contributed by atoms with Gasteiger partial charge in [0, 0.05) is 6.26 Å². The Bertz CT molecular complexity index is 259. The lowest BCUT2D eigenvalue weighted by Gasteiger charge is -1.98. The molecule has 0 radical (unpaired) electrons. The maximum atomic E-state index is 10.7. The lowest BCUT2D eigenvalue weighted by Crippen LogP contribution is -2.18. The maximum absolute atomic E-state index is 10.7. The van der Waals surface area contributed by atoms with Gasteiger partial charge in [0.25, 0.3) is 0 Å². The molecule has 0 aromatic heterocycles. The Morgan fingerprint density at radius 1 is 1.42 bits per heavy atom. The molecule has 0 saturated carbocycles. The Hall–Kier alpha value is -0.530. The fourth-order valence-corrected chi connectivity index (χ4v) is 1.37. The second kappa shape index (κ2) is 6.04. The van der Waals surface area contributed by atoms with E-state index in [2.05, 4.69) is 17.2 Å². The van der Waals surface area contributed by atoms with Crippen molar-refractivity contribution in [3.05, 3.63) is 0 Å². The average Bonchev–Trinajstić information content (AvgIpc) is 1.94. The van der Waals surface area contributed by atoms with E-state index in [1.807, 2.05) is 0 Å². The van der Waals surface area contributed by atoms with Gasteiger partial charge in [-0.15, -0.1) is 5.92 Å². The second-order valence-electron chi connectivity index (χ2n) is 2.59. The van der Waals surface area contributed by atoms with E-state index in [9.17, 15) is 8.42 Å². The summed E-state index contributed by atoms with van der Waals surface area (Å²) in [5.74, 6) is 5.83. The molecular weight excluding hydrogens is 174 g/mol. The minimum Gasteiger partial charge on any atom is -0.306 e. The molecule has 0 aromatic carbocycles. The van der Waals surface area contributed by atoms with Gasteiger partial charge in [0.2, 0.25) is 0 Å². The minimum atomic E-state index is -2.79. The van der Waals surface area contributed by atoms with Gasteiger partial charge in [-0.2, -0.15) is 0 Å². The molecule has 0 bridgehead atoms. The highest BCUT2D eigenvalue weighted by molar-refractivity contribution is 7.90. The fraction of sp³-hybridized carbons (Fsp3) is 0.750. The van der Waals surface area contributed by atoms with Crippen LogP contribution in [0.3, 0.4) is 0 Å². The number of nitrogens with one attached hydrogen (secondary N) is 1. The molecular formula is C8H15NO2S. The van der Waals surface area contributed by atoms with Crippen LogP contribution in [0.5, 0.6) is 0 Å². The molecule has 0 fully saturated rings. The SMILES string of the molecule is CC#CCNCCCS(C)(=O)=O. The van der Waals surface area contributed by atoms with Crippen molar-refractivity contribution >= 4 is 9.84 Å². The molecule has 0 unspecified atom stereocenters. The van der Waals surface area contributed by atoms with Gasteiger partial charge in [0.1, 0.15) is 9.84 Å². The van der Waals surface area contributed by atoms with Crippen LogP contribution in [0.15, 0.2) is 0 Å². The Balaban J connectivity index is 3.27. The zero-order valence-electron chi connectivity index (χ0n) is 7.55. The highest BCUT2D eigenvalue weighted by Gasteiger charge is 1.99. The van der Waals surface area contributed by atoms with Gasteiger partial charge >= 0.3 is 0 Å². The van der Waals surface area contributed by atoms with Crippen LogP contribution in [0.1, 0.15) is 13.3 Å². The van der Waals surface area contributed by atoms with Gasteiger partial charge in [-0.3, -0.25) is 0 Å². The molecule has 1 N–H and O–H groups in total.